The molecule has 0 radical (unpaired) electrons. The molecule has 1 saturated carbocycles. The van der Waals surface area contributed by atoms with Crippen LogP contribution in [0, 0.1) is 5.92 Å². The van der Waals surface area contributed by atoms with E-state index in [2.05, 4.69) is 16.0 Å². The van der Waals surface area contributed by atoms with Gasteiger partial charge in [0.05, 0.1) is 6.04 Å². The zero-order valence-electron chi connectivity index (χ0n) is 19.4. The van der Waals surface area contributed by atoms with Crippen LogP contribution in [0.2, 0.25) is 0 Å². The van der Waals surface area contributed by atoms with E-state index in [-0.39, 0.29) is 29.7 Å². The van der Waals surface area contributed by atoms with E-state index >= 15 is 0 Å². The van der Waals surface area contributed by atoms with Crippen molar-refractivity contribution in [2.75, 3.05) is 10.6 Å². The van der Waals surface area contributed by atoms with Gasteiger partial charge in [-0.3, -0.25) is 14.4 Å². The highest BCUT2D eigenvalue weighted by Crippen LogP contribution is 2.30. The summed E-state index contributed by atoms with van der Waals surface area (Å²) < 4.78 is 5.75. The van der Waals surface area contributed by atoms with Gasteiger partial charge in [0.15, 0.2) is 6.10 Å². The molecule has 1 fully saturated rings. The molecule has 0 bridgehead atoms. The lowest BCUT2D eigenvalue weighted by Gasteiger charge is -2.16. The highest BCUT2D eigenvalue weighted by Gasteiger charge is 2.30. The van der Waals surface area contributed by atoms with E-state index in [9.17, 15) is 14.4 Å². The summed E-state index contributed by atoms with van der Waals surface area (Å²) in [4.78, 5) is 37.5. The number of anilines is 2. The topological polar surface area (TPSA) is 96.5 Å². The second-order valence-electron chi connectivity index (χ2n) is 9.07. The van der Waals surface area contributed by atoms with Crippen molar-refractivity contribution in [3.05, 3.63) is 89.5 Å². The van der Waals surface area contributed by atoms with Crippen LogP contribution in [0.4, 0.5) is 11.4 Å². The highest BCUT2D eigenvalue weighted by molar-refractivity contribution is 5.99. The summed E-state index contributed by atoms with van der Waals surface area (Å²) in [5.74, 6) is 0.448. The van der Waals surface area contributed by atoms with Crippen LogP contribution >= 0.6 is 0 Å². The number of para-hydroxylation sites is 1. The van der Waals surface area contributed by atoms with Crippen LogP contribution in [0.5, 0.6) is 5.75 Å². The molecule has 1 aliphatic carbocycles. The first-order valence-electron chi connectivity index (χ1n) is 11.8. The highest BCUT2D eigenvalue weighted by atomic mass is 16.5. The second-order valence-corrected chi connectivity index (χ2v) is 9.07. The minimum Gasteiger partial charge on any atom is -0.480 e. The van der Waals surface area contributed by atoms with Crippen molar-refractivity contribution in [1.29, 1.82) is 0 Å². The number of carbonyl (C=O) groups is 3. The van der Waals surface area contributed by atoms with Crippen molar-refractivity contribution in [2.24, 2.45) is 5.92 Å². The Morgan fingerprint density at radius 2 is 1.60 bits per heavy atom. The van der Waals surface area contributed by atoms with Crippen LogP contribution in [-0.4, -0.2) is 23.8 Å². The fourth-order valence-electron chi connectivity index (χ4n) is 4.10. The molecule has 3 aromatic carbocycles. The van der Waals surface area contributed by atoms with E-state index in [1.165, 1.54) is 0 Å². The van der Waals surface area contributed by atoms with E-state index in [4.69, 9.17) is 4.74 Å². The van der Waals surface area contributed by atoms with Crippen LogP contribution in [0.25, 0.3) is 0 Å². The average molecular weight is 470 g/mol. The van der Waals surface area contributed by atoms with Crippen LogP contribution < -0.4 is 20.7 Å². The van der Waals surface area contributed by atoms with E-state index in [1.807, 2.05) is 55.5 Å². The predicted octanol–water partition coefficient (Wildman–Crippen LogP) is 4.47. The van der Waals surface area contributed by atoms with E-state index < -0.39 is 6.10 Å². The number of nitrogens with one attached hydrogen (secondary N) is 3. The zero-order chi connectivity index (χ0) is 24.4. The molecule has 2 aliphatic rings. The molecular formula is C28H27N3O4. The lowest BCUT2D eigenvalue weighted by atomic mass is 10.1. The average Bonchev–Trinajstić information content (AvgIpc) is 3.63. The minimum atomic E-state index is -0.595. The molecule has 35 heavy (non-hydrogen) atoms. The summed E-state index contributed by atoms with van der Waals surface area (Å²) in [7, 11) is 0. The van der Waals surface area contributed by atoms with Gasteiger partial charge in [-0.15, -0.1) is 0 Å². The van der Waals surface area contributed by atoms with Crippen LogP contribution in [-0.2, 0) is 16.0 Å². The van der Waals surface area contributed by atoms with Gasteiger partial charge < -0.3 is 20.7 Å². The summed E-state index contributed by atoms with van der Waals surface area (Å²) in [5, 5.41) is 8.75. The Morgan fingerprint density at radius 1 is 0.857 bits per heavy atom. The normalized spacial score (nSPS) is 17.0. The Balaban J connectivity index is 1.17. The van der Waals surface area contributed by atoms with Gasteiger partial charge >= 0.3 is 0 Å². The number of ether oxygens (including phenoxy) is 1. The van der Waals surface area contributed by atoms with Gasteiger partial charge in [0.25, 0.3) is 11.8 Å². The number of hydrogen-bond donors (Lipinski definition) is 3. The molecule has 3 amide bonds. The number of rotatable bonds is 7. The van der Waals surface area contributed by atoms with Gasteiger partial charge in [-0.1, -0.05) is 36.4 Å². The molecule has 1 heterocycles. The Bertz CT molecular complexity index is 1240. The van der Waals surface area contributed by atoms with Gasteiger partial charge in [0.1, 0.15) is 5.75 Å². The largest absolute Gasteiger partial charge is 0.480 e. The number of amides is 3. The fraction of sp³-hybridized carbons (Fsp3) is 0.250. The second kappa shape index (κ2) is 9.62. The SMILES string of the molecule is CC(NC(=O)c1cccc(NC(=O)C2Cc3ccccc3O2)c1)c1ccc(NC(=O)C2CC2)cc1. The molecule has 3 N–H and O–H groups in total. The molecule has 7 nitrogen and oxygen atoms in total. The third kappa shape index (κ3) is 5.35. The molecule has 2 unspecified atom stereocenters. The molecule has 0 saturated heterocycles. The lowest BCUT2D eigenvalue weighted by molar-refractivity contribution is -0.122. The quantitative estimate of drug-likeness (QED) is 0.476. The van der Waals surface area contributed by atoms with Crippen molar-refractivity contribution in [3.63, 3.8) is 0 Å². The summed E-state index contributed by atoms with van der Waals surface area (Å²) >= 11 is 0. The fourth-order valence-corrected chi connectivity index (χ4v) is 4.10. The molecule has 178 valence electrons. The minimum absolute atomic E-state index is 0.0649. The van der Waals surface area contributed by atoms with Gasteiger partial charge in [0, 0.05) is 29.3 Å². The number of hydrogen-bond acceptors (Lipinski definition) is 4. The monoisotopic (exact) mass is 469 g/mol. The summed E-state index contributed by atoms with van der Waals surface area (Å²) in [6, 6.07) is 21.7. The summed E-state index contributed by atoms with van der Waals surface area (Å²) in [6.45, 7) is 1.90. The van der Waals surface area contributed by atoms with Crippen molar-refractivity contribution in [3.8, 4) is 5.75 Å². The maximum Gasteiger partial charge on any atom is 0.265 e. The first-order valence-corrected chi connectivity index (χ1v) is 11.8. The lowest BCUT2D eigenvalue weighted by Crippen LogP contribution is -2.31. The van der Waals surface area contributed by atoms with E-state index in [1.54, 1.807) is 24.3 Å². The van der Waals surface area contributed by atoms with Crippen molar-refractivity contribution in [1.82, 2.24) is 5.32 Å². The molecular weight excluding hydrogens is 442 g/mol. The van der Waals surface area contributed by atoms with E-state index in [0.29, 0.717) is 17.7 Å². The predicted molar refractivity (Wildman–Crippen MR) is 133 cm³/mol. The van der Waals surface area contributed by atoms with Crippen molar-refractivity contribution >= 4 is 29.1 Å². The van der Waals surface area contributed by atoms with Gasteiger partial charge in [-0.05, 0) is 67.3 Å². The van der Waals surface area contributed by atoms with Gasteiger partial charge in [-0.25, -0.2) is 0 Å². The maximum atomic E-state index is 12.9. The summed E-state index contributed by atoms with van der Waals surface area (Å²) in [5.41, 5.74) is 3.66. The Labute approximate surface area is 203 Å². The molecule has 0 aromatic heterocycles. The third-order valence-electron chi connectivity index (χ3n) is 6.31. The first kappa shape index (κ1) is 22.7. The Morgan fingerprint density at radius 3 is 2.34 bits per heavy atom. The zero-order valence-corrected chi connectivity index (χ0v) is 19.4. The Kier molecular flexibility index (Phi) is 6.23. The number of carbonyl (C=O) groups excluding carboxylic acids is 3. The number of fused-ring (bicyclic) bond motifs is 1. The molecule has 5 rings (SSSR count). The standard InChI is InChI=1S/C28H27N3O4/c1-17(18-11-13-22(14-12-18)30-26(32)19-9-10-19)29-27(33)21-6-4-7-23(15-21)31-28(34)25-16-20-5-2-3-8-24(20)35-25/h2-8,11-15,17,19,25H,9-10,16H2,1H3,(H,29,33)(H,30,32)(H,31,34). The molecule has 2 atom stereocenters. The van der Waals surface area contributed by atoms with Gasteiger partial charge in [0.2, 0.25) is 5.91 Å². The maximum absolute atomic E-state index is 12.9. The van der Waals surface area contributed by atoms with E-state index in [0.717, 1.165) is 35.4 Å². The van der Waals surface area contributed by atoms with Crippen LogP contribution in [0.3, 0.4) is 0 Å². The number of benzene rings is 3. The summed E-state index contributed by atoms with van der Waals surface area (Å²) in [6.07, 6.45) is 1.84. The van der Waals surface area contributed by atoms with Crippen LogP contribution in [0.1, 0.15) is 47.3 Å². The van der Waals surface area contributed by atoms with Crippen LogP contribution in [0.15, 0.2) is 72.8 Å². The van der Waals surface area contributed by atoms with Gasteiger partial charge in [-0.2, -0.15) is 0 Å². The van der Waals surface area contributed by atoms with Crippen molar-refractivity contribution < 1.29 is 19.1 Å². The Hall–Kier alpha value is -4.13. The molecule has 3 aromatic rings. The smallest absolute Gasteiger partial charge is 0.265 e. The molecule has 0 spiro atoms. The third-order valence-corrected chi connectivity index (χ3v) is 6.31. The molecule has 1 aliphatic heterocycles. The first-order chi connectivity index (χ1) is 17.0. The van der Waals surface area contributed by atoms with Crippen molar-refractivity contribution in [2.45, 2.75) is 38.3 Å². The molecule has 7 heteroatoms.